The van der Waals surface area contributed by atoms with Crippen LogP contribution < -0.4 is 14.2 Å². The standard InChI is InChI=1S/C35H44O9/c1-19(2)11-12-21-25(36)28(27-22(26(21)40-9)14-15-31(5,6)43-27)42-29(37)23-17-33(41-10)18-24-32(7,8)44-34(30(33)38,35(23,24)39)16-13-20(3)4/h11,13-15,17,24,36,39H,12,16,18H2,1-10H3/t24-,33+,34+,35-/m1/s1. The number of methoxy groups -OCH3 is 2. The number of aliphatic hydroxyl groups is 1. The molecule has 2 heterocycles. The summed E-state index contributed by atoms with van der Waals surface area (Å²) in [6, 6.07) is 0. The van der Waals surface area contributed by atoms with E-state index < -0.39 is 45.7 Å². The van der Waals surface area contributed by atoms with Gasteiger partial charge in [-0.3, -0.25) is 4.79 Å². The molecule has 0 aromatic heterocycles. The number of benzene rings is 1. The number of esters is 1. The second kappa shape index (κ2) is 10.3. The number of phenolic OH excluding ortho intramolecular Hbond substituents is 1. The van der Waals surface area contributed by atoms with Crippen molar-refractivity contribution in [3.63, 3.8) is 0 Å². The maximum Gasteiger partial charge on any atom is 0.342 e. The second-order valence-corrected chi connectivity index (χ2v) is 13.9. The largest absolute Gasteiger partial charge is 0.504 e. The highest BCUT2D eigenvalue weighted by molar-refractivity contribution is 6.08. The number of rotatable bonds is 8. The van der Waals surface area contributed by atoms with Gasteiger partial charge in [0, 0.05) is 25.0 Å². The van der Waals surface area contributed by atoms with Crippen molar-refractivity contribution in [2.24, 2.45) is 5.92 Å². The van der Waals surface area contributed by atoms with Crippen LogP contribution in [0.2, 0.25) is 0 Å². The lowest BCUT2D eigenvalue weighted by atomic mass is 9.51. The number of carbonyl (C=O) groups is 2. The molecular formula is C35H44O9. The van der Waals surface area contributed by atoms with Gasteiger partial charge in [-0.2, -0.15) is 0 Å². The maximum absolute atomic E-state index is 14.4. The number of aromatic hydroxyl groups is 1. The lowest BCUT2D eigenvalue weighted by Crippen LogP contribution is -2.74. The number of allylic oxidation sites excluding steroid dienone is 3. The monoisotopic (exact) mass is 608 g/mol. The van der Waals surface area contributed by atoms with Crippen LogP contribution in [-0.4, -0.2) is 64.2 Å². The van der Waals surface area contributed by atoms with Crippen molar-refractivity contribution >= 4 is 17.8 Å². The minimum Gasteiger partial charge on any atom is -0.504 e. The van der Waals surface area contributed by atoms with E-state index >= 15 is 0 Å². The SMILES string of the molecule is COc1c2c(c(OC(=O)C3=C[C@]4(OC)C[C@@H]5C(C)(C)O[C@@](CC=C(C)C)(C4=O)[C@@]35O)c(O)c1CC=C(C)C)OC(C)(C)C=C2. The molecule has 2 N–H and O–H groups in total. The summed E-state index contributed by atoms with van der Waals surface area (Å²) in [5.41, 5.74) is -4.36. The molecule has 4 bridgehead atoms. The molecule has 238 valence electrons. The molecule has 0 radical (unpaired) electrons. The first kappa shape index (κ1) is 32.0. The van der Waals surface area contributed by atoms with Gasteiger partial charge in [-0.1, -0.05) is 23.3 Å². The van der Waals surface area contributed by atoms with Crippen LogP contribution in [0.5, 0.6) is 23.0 Å². The quantitative estimate of drug-likeness (QED) is 0.222. The van der Waals surface area contributed by atoms with Crippen LogP contribution in [0.25, 0.3) is 6.08 Å². The Labute approximate surface area is 259 Å². The summed E-state index contributed by atoms with van der Waals surface area (Å²) in [6.07, 6.45) is 9.28. The predicted molar refractivity (Wildman–Crippen MR) is 165 cm³/mol. The van der Waals surface area contributed by atoms with Crippen LogP contribution >= 0.6 is 0 Å². The molecule has 1 saturated carbocycles. The molecule has 1 saturated heterocycles. The van der Waals surface area contributed by atoms with Crippen molar-refractivity contribution in [3.05, 3.63) is 52.2 Å². The summed E-state index contributed by atoms with van der Waals surface area (Å²) < 4.78 is 30.4. The van der Waals surface area contributed by atoms with Gasteiger partial charge < -0.3 is 33.9 Å². The van der Waals surface area contributed by atoms with Gasteiger partial charge in [-0.05, 0) is 86.5 Å². The van der Waals surface area contributed by atoms with Crippen molar-refractivity contribution < 1.29 is 43.5 Å². The number of carbonyl (C=O) groups excluding carboxylic acids is 2. The summed E-state index contributed by atoms with van der Waals surface area (Å²) in [4.78, 5) is 28.5. The molecule has 9 heteroatoms. The number of phenols is 1. The fourth-order valence-corrected chi connectivity index (χ4v) is 7.24. The van der Waals surface area contributed by atoms with Crippen LogP contribution in [0.4, 0.5) is 0 Å². The number of hydrogen-bond donors (Lipinski definition) is 2. The Kier molecular flexibility index (Phi) is 7.51. The van der Waals surface area contributed by atoms with E-state index in [1.165, 1.54) is 20.3 Å². The highest BCUT2D eigenvalue weighted by Crippen LogP contribution is 2.66. The average Bonchev–Trinajstić information content (AvgIpc) is 3.08. The van der Waals surface area contributed by atoms with Gasteiger partial charge >= 0.3 is 5.97 Å². The third-order valence-corrected chi connectivity index (χ3v) is 9.43. The lowest BCUT2D eigenvalue weighted by Gasteiger charge is -2.55. The Bertz CT molecular complexity index is 1550. The van der Waals surface area contributed by atoms with Crippen LogP contribution in [0, 0.1) is 5.92 Å². The van der Waals surface area contributed by atoms with Crippen molar-refractivity contribution in [2.75, 3.05) is 14.2 Å². The van der Waals surface area contributed by atoms with Gasteiger partial charge in [0.25, 0.3) is 0 Å². The van der Waals surface area contributed by atoms with Crippen molar-refractivity contribution in [2.45, 2.75) is 103 Å². The topological polar surface area (TPSA) is 121 Å². The molecule has 0 amide bonds. The second-order valence-electron chi connectivity index (χ2n) is 13.9. The van der Waals surface area contributed by atoms with Crippen molar-refractivity contribution in [3.8, 4) is 23.0 Å². The molecule has 2 fully saturated rings. The summed E-state index contributed by atoms with van der Waals surface area (Å²) in [6.45, 7) is 14.9. The molecule has 9 nitrogen and oxygen atoms in total. The molecular weight excluding hydrogens is 564 g/mol. The predicted octanol–water partition coefficient (Wildman–Crippen LogP) is 5.55. The highest BCUT2D eigenvalue weighted by Gasteiger charge is 2.82. The molecule has 1 aromatic rings. The number of fused-ring (bicyclic) bond motifs is 1. The van der Waals surface area contributed by atoms with E-state index in [4.69, 9.17) is 23.7 Å². The van der Waals surface area contributed by atoms with E-state index in [1.807, 2.05) is 79.7 Å². The first-order valence-corrected chi connectivity index (χ1v) is 15.0. The molecule has 6 rings (SSSR count). The summed E-state index contributed by atoms with van der Waals surface area (Å²) in [5.74, 6) is -2.04. The van der Waals surface area contributed by atoms with E-state index in [-0.39, 0.29) is 35.7 Å². The van der Waals surface area contributed by atoms with E-state index in [9.17, 15) is 19.8 Å². The number of Topliss-reactive ketones (excluding diaryl/α,β-unsaturated/α-hetero) is 1. The Morgan fingerprint density at radius 1 is 1.07 bits per heavy atom. The lowest BCUT2D eigenvalue weighted by molar-refractivity contribution is -0.196. The van der Waals surface area contributed by atoms with E-state index in [2.05, 4.69) is 0 Å². The maximum atomic E-state index is 14.4. The molecule has 3 aliphatic carbocycles. The highest BCUT2D eigenvalue weighted by atomic mass is 16.6. The Balaban J connectivity index is 1.70. The first-order valence-electron chi connectivity index (χ1n) is 15.0. The van der Waals surface area contributed by atoms with Gasteiger partial charge in [0.2, 0.25) is 11.5 Å². The zero-order valence-corrected chi connectivity index (χ0v) is 27.3. The molecule has 0 spiro atoms. The van der Waals surface area contributed by atoms with E-state index in [0.717, 1.165) is 11.1 Å². The van der Waals surface area contributed by atoms with Gasteiger partial charge in [-0.25, -0.2) is 4.79 Å². The summed E-state index contributed by atoms with van der Waals surface area (Å²) >= 11 is 0. The van der Waals surface area contributed by atoms with Crippen LogP contribution in [-0.2, 0) is 25.5 Å². The third-order valence-electron chi connectivity index (χ3n) is 9.43. The fraction of sp³-hybridized carbons (Fsp3) is 0.543. The molecule has 5 aliphatic rings. The molecule has 1 aromatic carbocycles. The molecule has 44 heavy (non-hydrogen) atoms. The zero-order valence-electron chi connectivity index (χ0n) is 27.3. The summed E-state index contributed by atoms with van der Waals surface area (Å²) in [7, 11) is 2.92. The fourth-order valence-electron chi connectivity index (χ4n) is 7.24. The third kappa shape index (κ3) is 4.46. The van der Waals surface area contributed by atoms with Crippen LogP contribution in [0.1, 0.15) is 79.4 Å². The van der Waals surface area contributed by atoms with Gasteiger partial charge in [0.1, 0.15) is 22.6 Å². The number of ether oxygens (including phenoxy) is 5. The Morgan fingerprint density at radius 3 is 2.32 bits per heavy atom. The van der Waals surface area contributed by atoms with E-state index in [1.54, 1.807) is 0 Å². The normalized spacial score (nSPS) is 30.2. The minimum atomic E-state index is -2.02. The number of ketones is 1. The van der Waals surface area contributed by atoms with Gasteiger partial charge in [-0.15, -0.1) is 0 Å². The molecule has 0 unspecified atom stereocenters. The van der Waals surface area contributed by atoms with Crippen LogP contribution in [0.3, 0.4) is 0 Å². The molecule has 4 atom stereocenters. The molecule has 2 aliphatic heterocycles. The van der Waals surface area contributed by atoms with Crippen LogP contribution in [0.15, 0.2) is 41.0 Å². The number of hydrogen-bond acceptors (Lipinski definition) is 9. The summed E-state index contributed by atoms with van der Waals surface area (Å²) in [5, 5.41) is 24.3. The Hall–Kier alpha value is -3.40. The van der Waals surface area contributed by atoms with Gasteiger partial charge in [0.15, 0.2) is 17.1 Å². The zero-order chi connectivity index (χ0) is 32.6. The van der Waals surface area contributed by atoms with Crippen molar-refractivity contribution in [1.82, 2.24) is 0 Å². The Morgan fingerprint density at radius 2 is 1.73 bits per heavy atom. The smallest absolute Gasteiger partial charge is 0.342 e. The van der Waals surface area contributed by atoms with Gasteiger partial charge in [0.05, 0.1) is 23.8 Å². The average molecular weight is 609 g/mol. The minimum absolute atomic E-state index is 0.0401. The first-order chi connectivity index (χ1) is 20.4. The van der Waals surface area contributed by atoms with E-state index in [0.29, 0.717) is 23.3 Å². The van der Waals surface area contributed by atoms with Crippen molar-refractivity contribution in [1.29, 1.82) is 0 Å².